The third kappa shape index (κ3) is 2.33. The number of nitrogens with one attached hydrogen (secondary N) is 1. The summed E-state index contributed by atoms with van der Waals surface area (Å²) < 4.78 is 0. The summed E-state index contributed by atoms with van der Waals surface area (Å²) in [5.41, 5.74) is 2.78. The Hall–Kier alpha value is -2.10. The van der Waals surface area contributed by atoms with Gasteiger partial charge in [-0.05, 0) is 11.1 Å². The summed E-state index contributed by atoms with van der Waals surface area (Å²) in [5, 5.41) is 3.13. The summed E-state index contributed by atoms with van der Waals surface area (Å²) in [7, 11) is 1.90. The van der Waals surface area contributed by atoms with Gasteiger partial charge in [0, 0.05) is 32.1 Å². The molecule has 2 heterocycles. The standard InChI is InChI=1S/C16H20N4/c1-11(2)16-18-14(17-3)8-15(19-16)20-9-12-6-4-5-7-13(12)10-20/h4-8,11H,9-10H2,1-3H3,(H,17,18,19). The summed E-state index contributed by atoms with van der Waals surface area (Å²) in [6.45, 7) is 6.09. The molecule has 20 heavy (non-hydrogen) atoms. The van der Waals surface area contributed by atoms with Crippen molar-refractivity contribution < 1.29 is 0 Å². The van der Waals surface area contributed by atoms with Gasteiger partial charge in [0.15, 0.2) is 0 Å². The van der Waals surface area contributed by atoms with Gasteiger partial charge in [-0.1, -0.05) is 38.1 Å². The topological polar surface area (TPSA) is 41.0 Å². The quantitative estimate of drug-likeness (QED) is 0.928. The van der Waals surface area contributed by atoms with Crippen LogP contribution < -0.4 is 10.2 Å². The van der Waals surface area contributed by atoms with Crippen LogP contribution in [0.1, 0.15) is 36.7 Å². The molecule has 4 heteroatoms. The van der Waals surface area contributed by atoms with Crippen molar-refractivity contribution in [3.05, 3.63) is 47.3 Å². The highest BCUT2D eigenvalue weighted by Gasteiger charge is 2.21. The molecule has 0 radical (unpaired) electrons. The molecule has 1 aliphatic heterocycles. The molecule has 0 aliphatic carbocycles. The monoisotopic (exact) mass is 268 g/mol. The van der Waals surface area contributed by atoms with E-state index in [1.165, 1.54) is 11.1 Å². The number of hydrogen-bond acceptors (Lipinski definition) is 4. The number of nitrogens with zero attached hydrogens (tertiary/aromatic N) is 3. The summed E-state index contributed by atoms with van der Waals surface area (Å²) in [5.74, 6) is 3.11. The zero-order valence-electron chi connectivity index (χ0n) is 12.2. The molecule has 0 unspecified atom stereocenters. The zero-order valence-corrected chi connectivity index (χ0v) is 12.2. The molecule has 3 rings (SSSR count). The fourth-order valence-electron chi connectivity index (χ4n) is 2.50. The Balaban J connectivity index is 1.94. The van der Waals surface area contributed by atoms with Crippen LogP contribution in [0.25, 0.3) is 0 Å². The second-order valence-electron chi connectivity index (χ2n) is 5.50. The first-order chi connectivity index (χ1) is 9.67. The Labute approximate surface area is 119 Å². The lowest BCUT2D eigenvalue weighted by molar-refractivity contribution is 0.757. The first-order valence-electron chi connectivity index (χ1n) is 7.06. The minimum Gasteiger partial charge on any atom is -0.373 e. The van der Waals surface area contributed by atoms with Crippen LogP contribution >= 0.6 is 0 Å². The van der Waals surface area contributed by atoms with E-state index in [4.69, 9.17) is 4.98 Å². The molecule has 104 valence electrons. The fraction of sp³-hybridized carbons (Fsp3) is 0.375. The summed E-state index contributed by atoms with van der Waals surface area (Å²) in [6, 6.07) is 10.6. The average molecular weight is 268 g/mol. The van der Waals surface area contributed by atoms with Gasteiger partial charge in [-0.2, -0.15) is 0 Å². The first-order valence-corrected chi connectivity index (χ1v) is 7.06. The lowest BCUT2D eigenvalue weighted by Gasteiger charge is -2.19. The van der Waals surface area contributed by atoms with E-state index in [1.54, 1.807) is 0 Å². The predicted octanol–water partition coefficient (Wildman–Crippen LogP) is 3.16. The maximum atomic E-state index is 4.72. The van der Waals surface area contributed by atoms with Gasteiger partial charge in [-0.3, -0.25) is 0 Å². The second-order valence-corrected chi connectivity index (χ2v) is 5.50. The molecule has 4 nitrogen and oxygen atoms in total. The van der Waals surface area contributed by atoms with E-state index in [1.807, 2.05) is 13.1 Å². The molecule has 0 amide bonds. The minimum absolute atomic E-state index is 0.326. The molecule has 0 fully saturated rings. The maximum absolute atomic E-state index is 4.72. The fourth-order valence-corrected chi connectivity index (χ4v) is 2.50. The molecule has 0 atom stereocenters. The zero-order chi connectivity index (χ0) is 14.1. The molecule has 0 saturated heterocycles. The molecule has 0 saturated carbocycles. The SMILES string of the molecule is CNc1cc(N2Cc3ccccc3C2)nc(C(C)C)n1. The van der Waals surface area contributed by atoms with Crippen LogP contribution in [0.4, 0.5) is 11.6 Å². The highest BCUT2D eigenvalue weighted by molar-refractivity contribution is 5.53. The average Bonchev–Trinajstić information content (AvgIpc) is 2.90. The third-order valence-electron chi connectivity index (χ3n) is 3.67. The van der Waals surface area contributed by atoms with Gasteiger partial charge in [-0.15, -0.1) is 0 Å². The Morgan fingerprint density at radius 3 is 2.30 bits per heavy atom. The highest BCUT2D eigenvalue weighted by Crippen LogP contribution is 2.28. The van der Waals surface area contributed by atoms with Gasteiger partial charge < -0.3 is 10.2 Å². The Kier molecular flexibility index (Phi) is 3.30. The van der Waals surface area contributed by atoms with Crippen molar-refractivity contribution in [2.24, 2.45) is 0 Å². The van der Waals surface area contributed by atoms with Crippen molar-refractivity contribution in [3.8, 4) is 0 Å². The molecular weight excluding hydrogens is 248 g/mol. The van der Waals surface area contributed by atoms with E-state index in [0.717, 1.165) is 30.5 Å². The smallest absolute Gasteiger partial charge is 0.135 e. The lowest BCUT2D eigenvalue weighted by atomic mass is 10.1. The number of hydrogen-bond donors (Lipinski definition) is 1. The number of aromatic nitrogens is 2. The third-order valence-corrected chi connectivity index (χ3v) is 3.67. The highest BCUT2D eigenvalue weighted by atomic mass is 15.2. The summed E-state index contributed by atoms with van der Waals surface area (Å²) in [6.07, 6.45) is 0. The molecule has 2 aromatic rings. The molecule has 1 aliphatic rings. The van der Waals surface area contributed by atoms with Gasteiger partial charge in [0.05, 0.1) is 0 Å². The van der Waals surface area contributed by atoms with Crippen LogP contribution in [-0.2, 0) is 13.1 Å². The summed E-state index contributed by atoms with van der Waals surface area (Å²) in [4.78, 5) is 11.5. The summed E-state index contributed by atoms with van der Waals surface area (Å²) >= 11 is 0. The number of rotatable bonds is 3. The number of benzene rings is 1. The van der Waals surface area contributed by atoms with E-state index in [9.17, 15) is 0 Å². The first kappa shape index (κ1) is 12.9. The van der Waals surface area contributed by atoms with Gasteiger partial charge in [0.1, 0.15) is 17.5 Å². The van der Waals surface area contributed by atoms with Crippen LogP contribution in [-0.4, -0.2) is 17.0 Å². The molecule has 0 spiro atoms. The van der Waals surface area contributed by atoms with Crippen LogP contribution in [0.2, 0.25) is 0 Å². The molecule has 1 aromatic heterocycles. The minimum atomic E-state index is 0.326. The van der Waals surface area contributed by atoms with Crippen LogP contribution in [0, 0.1) is 0 Å². The Morgan fingerprint density at radius 2 is 1.75 bits per heavy atom. The van der Waals surface area contributed by atoms with Gasteiger partial charge >= 0.3 is 0 Å². The van der Waals surface area contributed by atoms with Gasteiger partial charge in [0.25, 0.3) is 0 Å². The van der Waals surface area contributed by atoms with Crippen molar-refractivity contribution in [1.82, 2.24) is 9.97 Å². The molecular formula is C16H20N4. The van der Waals surface area contributed by atoms with Gasteiger partial charge in [0.2, 0.25) is 0 Å². The number of anilines is 2. The van der Waals surface area contributed by atoms with Gasteiger partial charge in [-0.25, -0.2) is 9.97 Å². The van der Waals surface area contributed by atoms with Crippen molar-refractivity contribution in [3.63, 3.8) is 0 Å². The molecule has 1 N–H and O–H groups in total. The maximum Gasteiger partial charge on any atom is 0.135 e. The predicted molar refractivity (Wildman–Crippen MR) is 82.0 cm³/mol. The Bertz CT molecular complexity index is 597. The van der Waals surface area contributed by atoms with E-state index in [0.29, 0.717) is 5.92 Å². The van der Waals surface area contributed by atoms with E-state index < -0.39 is 0 Å². The van der Waals surface area contributed by atoms with E-state index >= 15 is 0 Å². The van der Waals surface area contributed by atoms with Crippen LogP contribution in [0.3, 0.4) is 0 Å². The van der Waals surface area contributed by atoms with Crippen LogP contribution in [0.5, 0.6) is 0 Å². The second kappa shape index (κ2) is 5.12. The lowest BCUT2D eigenvalue weighted by Crippen LogP contribution is -2.18. The van der Waals surface area contributed by atoms with Crippen molar-refractivity contribution in [2.75, 3.05) is 17.3 Å². The van der Waals surface area contributed by atoms with Crippen molar-refractivity contribution in [1.29, 1.82) is 0 Å². The van der Waals surface area contributed by atoms with Crippen molar-refractivity contribution in [2.45, 2.75) is 32.9 Å². The van der Waals surface area contributed by atoms with Crippen LogP contribution in [0.15, 0.2) is 30.3 Å². The van der Waals surface area contributed by atoms with E-state index in [-0.39, 0.29) is 0 Å². The van der Waals surface area contributed by atoms with Crippen molar-refractivity contribution >= 4 is 11.6 Å². The number of fused-ring (bicyclic) bond motifs is 1. The van der Waals surface area contributed by atoms with E-state index in [2.05, 4.69) is 53.3 Å². The normalized spacial score (nSPS) is 13.7. The molecule has 0 bridgehead atoms. The molecule has 1 aromatic carbocycles. The Morgan fingerprint density at radius 1 is 1.10 bits per heavy atom. The largest absolute Gasteiger partial charge is 0.373 e.